The van der Waals surface area contributed by atoms with Crippen LogP contribution in [0.3, 0.4) is 0 Å². The third kappa shape index (κ3) is 2.68. The molecule has 0 fully saturated rings. The Morgan fingerprint density at radius 2 is 1.94 bits per heavy atom. The summed E-state index contributed by atoms with van der Waals surface area (Å²) in [6.07, 6.45) is 0.501. The summed E-state index contributed by atoms with van der Waals surface area (Å²) in [6, 6.07) is 8.26. The molecule has 2 aromatic rings. The molecular weight excluding hydrogens is 308 g/mol. The van der Waals surface area contributed by atoms with E-state index in [0.29, 0.717) is 0 Å². The summed E-state index contributed by atoms with van der Waals surface area (Å²) in [5.74, 6) is 0. The second-order valence-corrected chi connectivity index (χ2v) is 6.57. The lowest BCUT2D eigenvalue weighted by Gasteiger charge is -2.14. The molecule has 1 nitrogen and oxygen atoms in total. The molecule has 1 aromatic carbocycles. The molecule has 1 N–H and O–H groups in total. The molecule has 3 heteroatoms. The molecule has 2 rings (SSSR count). The van der Waals surface area contributed by atoms with E-state index < -0.39 is 6.10 Å². The van der Waals surface area contributed by atoms with Crippen LogP contribution in [0.5, 0.6) is 0 Å². The molecule has 0 saturated carbocycles. The van der Waals surface area contributed by atoms with Crippen LogP contribution in [0, 0.1) is 13.8 Å². The molecule has 0 spiro atoms. The molecule has 0 aliphatic carbocycles. The van der Waals surface area contributed by atoms with Crippen LogP contribution >= 0.6 is 27.3 Å². The number of hydrogen-bond donors (Lipinski definition) is 1. The van der Waals surface area contributed by atoms with Crippen LogP contribution in [0.25, 0.3) is 0 Å². The maximum Gasteiger partial charge on any atom is 0.113 e. The van der Waals surface area contributed by atoms with Gasteiger partial charge in [0.25, 0.3) is 0 Å². The SMILES string of the molecule is CCc1ccc(C(O)c2cc(Br)c(C)cc2C)s1. The lowest BCUT2D eigenvalue weighted by atomic mass is 10.0. The Morgan fingerprint density at radius 3 is 2.56 bits per heavy atom. The Bertz CT molecular complexity index is 560. The van der Waals surface area contributed by atoms with Gasteiger partial charge in [0, 0.05) is 14.2 Å². The van der Waals surface area contributed by atoms with Crippen LogP contribution in [0.4, 0.5) is 0 Å². The Hall–Kier alpha value is -0.640. The van der Waals surface area contributed by atoms with Crippen LogP contribution in [-0.4, -0.2) is 5.11 Å². The highest BCUT2D eigenvalue weighted by molar-refractivity contribution is 9.10. The monoisotopic (exact) mass is 324 g/mol. The van der Waals surface area contributed by atoms with E-state index in [4.69, 9.17) is 0 Å². The number of rotatable bonds is 3. The third-order valence-corrected chi connectivity index (χ3v) is 5.28. The zero-order valence-corrected chi connectivity index (χ0v) is 13.2. The molecule has 0 bridgehead atoms. The van der Waals surface area contributed by atoms with Crippen molar-refractivity contribution in [3.05, 3.63) is 55.2 Å². The van der Waals surface area contributed by atoms with Crippen molar-refractivity contribution in [1.29, 1.82) is 0 Å². The van der Waals surface area contributed by atoms with Gasteiger partial charge in [-0.25, -0.2) is 0 Å². The molecule has 96 valence electrons. The molecule has 1 atom stereocenters. The van der Waals surface area contributed by atoms with E-state index in [1.165, 1.54) is 10.4 Å². The maximum absolute atomic E-state index is 10.5. The third-order valence-electron chi connectivity index (χ3n) is 3.14. The summed E-state index contributed by atoms with van der Waals surface area (Å²) in [4.78, 5) is 2.33. The minimum absolute atomic E-state index is 0.521. The summed E-state index contributed by atoms with van der Waals surface area (Å²) < 4.78 is 1.05. The molecule has 1 unspecified atom stereocenters. The van der Waals surface area contributed by atoms with Gasteiger partial charge in [-0.2, -0.15) is 0 Å². The van der Waals surface area contributed by atoms with Gasteiger partial charge < -0.3 is 5.11 Å². The van der Waals surface area contributed by atoms with Crippen LogP contribution in [0.1, 0.15) is 39.5 Å². The van der Waals surface area contributed by atoms with E-state index in [9.17, 15) is 5.11 Å². The van der Waals surface area contributed by atoms with E-state index in [-0.39, 0.29) is 0 Å². The summed E-state index contributed by atoms with van der Waals surface area (Å²) in [6.45, 7) is 6.25. The van der Waals surface area contributed by atoms with Gasteiger partial charge in [-0.3, -0.25) is 0 Å². The molecule has 1 heterocycles. The number of aryl methyl sites for hydroxylation is 3. The summed E-state index contributed by atoms with van der Waals surface area (Å²) in [5.41, 5.74) is 3.32. The van der Waals surface area contributed by atoms with Crippen molar-refractivity contribution in [3.8, 4) is 0 Å². The van der Waals surface area contributed by atoms with E-state index in [2.05, 4.69) is 41.9 Å². The first-order chi connectivity index (χ1) is 8.52. The predicted octanol–water partition coefficient (Wildman–Crippen LogP) is 4.77. The van der Waals surface area contributed by atoms with Gasteiger partial charge in [0.05, 0.1) is 0 Å². The fraction of sp³-hybridized carbons (Fsp3) is 0.333. The van der Waals surface area contributed by atoms with Crippen molar-refractivity contribution in [1.82, 2.24) is 0 Å². The van der Waals surface area contributed by atoms with Crippen LogP contribution in [0.15, 0.2) is 28.7 Å². The van der Waals surface area contributed by atoms with Gasteiger partial charge in [-0.05, 0) is 55.2 Å². The molecule has 0 saturated heterocycles. The zero-order chi connectivity index (χ0) is 13.3. The molecule has 0 aliphatic heterocycles. The summed E-state index contributed by atoms with van der Waals surface area (Å²) in [7, 11) is 0. The van der Waals surface area contributed by atoms with Crippen LogP contribution in [-0.2, 0) is 6.42 Å². The fourth-order valence-electron chi connectivity index (χ4n) is 2.02. The lowest BCUT2D eigenvalue weighted by molar-refractivity contribution is 0.223. The molecule has 1 aromatic heterocycles. The fourth-order valence-corrected chi connectivity index (χ4v) is 3.34. The lowest BCUT2D eigenvalue weighted by Crippen LogP contribution is -2.00. The Morgan fingerprint density at radius 1 is 1.22 bits per heavy atom. The molecule has 0 amide bonds. The number of thiophene rings is 1. The van der Waals surface area contributed by atoms with E-state index in [1.54, 1.807) is 11.3 Å². The van der Waals surface area contributed by atoms with Gasteiger partial charge >= 0.3 is 0 Å². The summed E-state index contributed by atoms with van der Waals surface area (Å²) >= 11 is 5.22. The van der Waals surface area contributed by atoms with Gasteiger partial charge in [-0.1, -0.05) is 28.9 Å². The molecule has 18 heavy (non-hydrogen) atoms. The van der Waals surface area contributed by atoms with Crippen LogP contribution in [0.2, 0.25) is 0 Å². The highest BCUT2D eigenvalue weighted by atomic mass is 79.9. The van der Waals surface area contributed by atoms with Crippen LogP contribution < -0.4 is 0 Å². The number of benzene rings is 1. The molecule has 0 aliphatic rings. The average molecular weight is 325 g/mol. The normalized spacial score (nSPS) is 12.7. The molecule has 0 radical (unpaired) electrons. The first-order valence-corrected chi connectivity index (χ1v) is 7.67. The van der Waals surface area contributed by atoms with Crippen molar-refractivity contribution in [3.63, 3.8) is 0 Å². The van der Waals surface area contributed by atoms with Gasteiger partial charge in [0.15, 0.2) is 0 Å². The number of hydrogen-bond acceptors (Lipinski definition) is 2. The maximum atomic E-state index is 10.5. The quantitative estimate of drug-likeness (QED) is 0.862. The van der Waals surface area contributed by atoms with Crippen molar-refractivity contribution in [2.45, 2.75) is 33.3 Å². The van der Waals surface area contributed by atoms with Crippen molar-refractivity contribution in [2.75, 3.05) is 0 Å². The Labute approximate surface area is 121 Å². The topological polar surface area (TPSA) is 20.2 Å². The highest BCUT2D eigenvalue weighted by Gasteiger charge is 2.16. The average Bonchev–Trinajstić information content (AvgIpc) is 2.81. The van der Waals surface area contributed by atoms with Crippen molar-refractivity contribution >= 4 is 27.3 Å². The van der Waals surface area contributed by atoms with Crippen molar-refractivity contribution in [2.24, 2.45) is 0 Å². The largest absolute Gasteiger partial charge is 0.383 e. The van der Waals surface area contributed by atoms with E-state index in [0.717, 1.165) is 26.9 Å². The second kappa shape index (κ2) is 5.55. The minimum Gasteiger partial charge on any atom is -0.383 e. The highest BCUT2D eigenvalue weighted by Crippen LogP contribution is 2.33. The standard InChI is InChI=1S/C15H17BrOS/c1-4-11-5-6-14(18-11)15(17)12-8-13(16)10(3)7-9(12)2/h5-8,15,17H,4H2,1-3H3. The molecular formula is C15H17BrOS. The van der Waals surface area contributed by atoms with Crippen molar-refractivity contribution < 1.29 is 5.11 Å². The van der Waals surface area contributed by atoms with E-state index in [1.807, 2.05) is 19.1 Å². The van der Waals surface area contributed by atoms with E-state index >= 15 is 0 Å². The van der Waals surface area contributed by atoms with Gasteiger partial charge in [0.2, 0.25) is 0 Å². The Balaban J connectivity index is 2.39. The second-order valence-electron chi connectivity index (χ2n) is 4.52. The van der Waals surface area contributed by atoms with Gasteiger partial charge in [0.1, 0.15) is 6.10 Å². The minimum atomic E-state index is -0.521. The number of halogens is 1. The predicted molar refractivity (Wildman–Crippen MR) is 81.4 cm³/mol. The summed E-state index contributed by atoms with van der Waals surface area (Å²) in [5, 5.41) is 10.5. The Kier molecular flexibility index (Phi) is 4.25. The first kappa shape index (κ1) is 13.8. The van der Waals surface area contributed by atoms with Gasteiger partial charge in [-0.15, -0.1) is 11.3 Å². The first-order valence-electron chi connectivity index (χ1n) is 6.06. The number of aliphatic hydroxyl groups is 1. The zero-order valence-electron chi connectivity index (χ0n) is 10.8. The number of aliphatic hydroxyl groups excluding tert-OH is 1. The smallest absolute Gasteiger partial charge is 0.113 e.